The second-order valence-electron chi connectivity index (χ2n) is 7.39. The number of hydrogen-bond acceptors (Lipinski definition) is 4. The number of rotatable bonds is 5. The van der Waals surface area contributed by atoms with Gasteiger partial charge in [0.2, 0.25) is 0 Å². The maximum Gasteiger partial charge on any atom is 0.341 e. The summed E-state index contributed by atoms with van der Waals surface area (Å²) in [5, 5.41) is 4.31. The summed E-state index contributed by atoms with van der Waals surface area (Å²) < 4.78 is 6.75. The third-order valence-electron chi connectivity index (χ3n) is 5.56. The van der Waals surface area contributed by atoms with Crippen LogP contribution in [0.1, 0.15) is 57.8 Å². The molecule has 1 aliphatic rings. The van der Waals surface area contributed by atoms with Gasteiger partial charge in [-0.3, -0.25) is 4.79 Å². The van der Waals surface area contributed by atoms with Crippen molar-refractivity contribution >= 4 is 11.9 Å². The molecule has 2 heterocycles. The number of likely N-dealkylation sites (tertiary alicyclic amines) is 1. The summed E-state index contributed by atoms with van der Waals surface area (Å²) >= 11 is 0. The van der Waals surface area contributed by atoms with Crippen LogP contribution in [0, 0.1) is 6.92 Å². The highest BCUT2D eigenvalue weighted by Crippen LogP contribution is 2.33. The molecule has 4 rings (SSSR count). The van der Waals surface area contributed by atoms with Crippen LogP contribution in [0.2, 0.25) is 0 Å². The van der Waals surface area contributed by atoms with E-state index in [0.717, 1.165) is 25.1 Å². The highest BCUT2D eigenvalue weighted by atomic mass is 16.5. The molecule has 6 heteroatoms. The van der Waals surface area contributed by atoms with Crippen molar-refractivity contribution in [2.24, 2.45) is 0 Å². The van der Waals surface area contributed by atoms with Crippen LogP contribution < -0.4 is 0 Å². The molecule has 6 nitrogen and oxygen atoms in total. The Kier molecular flexibility index (Phi) is 5.65. The first-order chi connectivity index (χ1) is 14.6. The van der Waals surface area contributed by atoms with Gasteiger partial charge in [0.1, 0.15) is 5.56 Å². The van der Waals surface area contributed by atoms with Gasteiger partial charge in [-0.15, -0.1) is 0 Å². The standard InChI is InChI=1S/C24H25N3O3/c1-3-30-24(29)21-16-25-27(17(21)2)20-13-11-19(12-14-20)23(28)26-15-7-10-22(26)18-8-5-4-6-9-18/h4-6,8-9,11-14,16,22H,3,7,10,15H2,1-2H3. The molecule has 0 spiro atoms. The summed E-state index contributed by atoms with van der Waals surface area (Å²) in [6.07, 6.45) is 3.50. The van der Waals surface area contributed by atoms with E-state index in [9.17, 15) is 9.59 Å². The van der Waals surface area contributed by atoms with Gasteiger partial charge in [-0.05, 0) is 56.5 Å². The molecule has 0 N–H and O–H groups in total. The number of aromatic nitrogens is 2. The monoisotopic (exact) mass is 403 g/mol. The molecule has 1 aliphatic heterocycles. The van der Waals surface area contributed by atoms with E-state index in [2.05, 4.69) is 17.2 Å². The molecule has 0 radical (unpaired) electrons. The fourth-order valence-corrected chi connectivity index (χ4v) is 4.02. The summed E-state index contributed by atoms with van der Waals surface area (Å²) in [4.78, 5) is 27.1. The fraction of sp³-hybridized carbons (Fsp3) is 0.292. The lowest BCUT2D eigenvalue weighted by atomic mass is 10.0. The molecule has 1 fully saturated rings. The van der Waals surface area contributed by atoms with Crippen molar-refractivity contribution in [3.63, 3.8) is 0 Å². The Morgan fingerprint density at radius 1 is 1.10 bits per heavy atom. The molecule has 154 valence electrons. The average Bonchev–Trinajstić information content (AvgIpc) is 3.41. The lowest BCUT2D eigenvalue weighted by Crippen LogP contribution is -2.30. The Bertz CT molecular complexity index is 1040. The van der Waals surface area contributed by atoms with Crippen LogP contribution >= 0.6 is 0 Å². The van der Waals surface area contributed by atoms with Crippen molar-refractivity contribution in [3.05, 3.63) is 83.2 Å². The molecule has 1 amide bonds. The van der Waals surface area contributed by atoms with Gasteiger partial charge in [0.15, 0.2) is 0 Å². The first kappa shape index (κ1) is 19.9. The van der Waals surface area contributed by atoms with Gasteiger partial charge in [0.05, 0.1) is 30.2 Å². The van der Waals surface area contributed by atoms with Gasteiger partial charge < -0.3 is 9.64 Å². The molecule has 3 aromatic rings. The second-order valence-corrected chi connectivity index (χ2v) is 7.39. The first-order valence-corrected chi connectivity index (χ1v) is 10.3. The molecule has 30 heavy (non-hydrogen) atoms. The number of esters is 1. The van der Waals surface area contributed by atoms with Crippen molar-refractivity contribution in [3.8, 4) is 5.69 Å². The minimum atomic E-state index is -0.381. The largest absolute Gasteiger partial charge is 0.462 e. The molecule has 0 aliphatic carbocycles. The van der Waals surface area contributed by atoms with E-state index >= 15 is 0 Å². The lowest BCUT2D eigenvalue weighted by molar-refractivity contribution is 0.0525. The predicted molar refractivity (Wildman–Crippen MR) is 114 cm³/mol. The predicted octanol–water partition coefficient (Wildman–Crippen LogP) is 4.33. The Morgan fingerprint density at radius 2 is 1.83 bits per heavy atom. The van der Waals surface area contributed by atoms with Gasteiger partial charge in [-0.2, -0.15) is 5.10 Å². The maximum absolute atomic E-state index is 13.2. The molecular formula is C24H25N3O3. The molecule has 1 atom stereocenters. The number of hydrogen-bond donors (Lipinski definition) is 0. The van der Waals surface area contributed by atoms with E-state index in [1.165, 1.54) is 11.8 Å². The van der Waals surface area contributed by atoms with Gasteiger partial charge in [-0.1, -0.05) is 30.3 Å². The quantitative estimate of drug-likeness (QED) is 0.595. The summed E-state index contributed by atoms with van der Waals surface area (Å²) in [7, 11) is 0. The van der Waals surface area contributed by atoms with Crippen molar-refractivity contribution < 1.29 is 14.3 Å². The topological polar surface area (TPSA) is 64.4 Å². The van der Waals surface area contributed by atoms with E-state index < -0.39 is 0 Å². The summed E-state index contributed by atoms with van der Waals surface area (Å²) in [5.41, 5.74) is 3.77. The van der Waals surface area contributed by atoms with Crippen molar-refractivity contribution in [1.82, 2.24) is 14.7 Å². The minimum Gasteiger partial charge on any atom is -0.462 e. The zero-order valence-corrected chi connectivity index (χ0v) is 17.2. The van der Waals surface area contributed by atoms with Gasteiger partial charge in [-0.25, -0.2) is 9.48 Å². The van der Waals surface area contributed by atoms with Crippen LogP contribution in [-0.4, -0.2) is 39.7 Å². The second kappa shape index (κ2) is 8.53. The van der Waals surface area contributed by atoms with Crippen molar-refractivity contribution in [2.45, 2.75) is 32.7 Å². The Hall–Kier alpha value is -3.41. The number of benzene rings is 2. The maximum atomic E-state index is 13.2. The summed E-state index contributed by atoms with van der Waals surface area (Å²) in [6, 6.07) is 17.7. The van der Waals surface area contributed by atoms with Crippen molar-refractivity contribution in [1.29, 1.82) is 0 Å². The minimum absolute atomic E-state index is 0.0392. The molecular weight excluding hydrogens is 378 g/mol. The average molecular weight is 403 g/mol. The third-order valence-corrected chi connectivity index (χ3v) is 5.56. The van der Waals surface area contributed by atoms with Gasteiger partial charge in [0, 0.05) is 12.1 Å². The normalized spacial score (nSPS) is 15.9. The molecule has 1 unspecified atom stereocenters. The number of nitrogens with zero attached hydrogens (tertiary/aromatic N) is 3. The highest BCUT2D eigenvalue weighted by Gasteiger charge is 2.30. The van der Waals surface area contributed by atoms with Gasteiger partial charge in [0.25, 0.3) is 5.91 Å². The van der Waals surface area contributed by atoms with E-state index in [-0.39, 0.29) is 17.9 Å². The summed E-state index contributed by atoms with van der Waals surface area (Å²) in [6.45, 7) is 4.69. The van der Waals surface area contributed by atoms with Crippen LogP contribution in [0.15, 0.2) is 60.8 Å². The fourth-order valence-electron chi connectivity index (χ4n) is 4.02. The number of amides is 1. The molecule has 2 aromatic carbocycles. The molecule has 1 aromatic heterocycles. The van der Waals surface area contributed by atoms with Crippen LogP contribution in [0.25, 0.3) is 5.69 Å². The number of carbonyl (C=O) groups is 2. The van der Waals surface area contributed by atoms with Gasteiger partial charge >= 0.3 is 5.97 Å². The molecule has 0 saturated carbocycles. The number of ether oxygens (including phenoxy) is 1. The Morgan fingerprint density at radius 3 is 2.53 bits per heavy atom. The van der Waals surface area contributed by atoms with Crippen LogP contribution in [0.4, 0.5) is 0 Å². The first-order valence-electron chi connectivity index (χ1n) is 10.3. The van der Waals surface area contributed by atoms with Crippen LogP contribution in [0.5, 0.6) is 0 Å². The number of carbonyl (C=O) groups excluding carboxylic acids is 2. The molecule has 0 bridgehead atoms. The van der Waals surface area contributed by atoms with E-state index in [1.54, 1.807) is 11.6 Å². The lowest BCUT2D eigenvalue weighted by Gasteiger charge is -2.25. The zero-order chi connectivity index (χ0) is 21.1. The van der Waals surface area contributed by atoms with Crippen LogP contribution in [0.3, 0.4) is 0 Å². The van der Waals surface area contributed by atoms with Crippen molar-refractivity contribution in [2.75, 3.05) is 13.2 Å². The zero-order valence-electron chi connectivity index (χ0n) is 17.2. The van der Waals surface area contributed by atoms with E-state index in [4.69, 9.17) is 4.74 Å². The van der Waals surface area contributed by atoms with E-state index in [0.29, 0.717) is 23.4 Å². The highest BCUT2D eigenvalue weighted by molar-refractivity contribution is 5.95. The Balaban J connectivity index is 1.54. The summed E-state index contributed by atoms with van der Waals surface area (Å²) in [5.74, 6) is -0.341. The molecule has 1 saturated heterocycles. The Labute approximate surface area is 176 Å². The smallest absolute Gasteiger partial charge is 0.341 e. The SMILES string of the molecule is CCOC(=O)c1cnn(-c2ccc(C(=O)N3CCCC3c3ccccc3)cc2)c1C. The third kappa shape index (κ3) is 3.73. The van der Waals surface area contributed by atoms with E-state index in [1.807, 2.05) is 54.3 Å². The van der Waals surface area contributed by atoms with Crippen LogP contribution in [-0.2, 0) is 4.74 Å².